The van der Waals surface area contributed by atoms with Crippen LogP contribution >= 0.6 is 27.5 Å². The first-order valence-corrected chi connectivity index (χ1v) is 6.81. The van der Waals surface area contributed by atoms with Crippen molar-refractivity contribution in [2.75, 3.05) is 5.73 Å². The predicted molar refractivity (Wildman–Crippen MR) is 81.2 cm³/mol. The van der Waals surface area contributed by atoms with Gasteiger partial charge in [-0.15, -0.1) is 0 Å². The summed E-state index contributed by atoms with van der Waals surface area (Å²) in [5.41, 5.74) is 7.47. The van der Waals surface area contributed by atoms with E-state index in [9.17, 15) is 4.79 Å². The zero-order valence-corrected chi connectivity index (χ0v) is 12.3. The first-order chi connectivity index (χ1) is 9.08. The number of nitrogen functional groups attached to an aromatic ring is 1. The minimum atomic E-state index is -0.236. The number of benzene rings is 2. The van der Waals surface area contributed by atoms with Gasteiger partial charge in [0.25, 0.3) is 5.91 Å². The molecule has 98 valence electrons. The molecule has 3 nitrogen and oxygen atoms in total. The number of carbonyl (C=O) groups excluding carboxylic acids is 1. The summed E-state index contributed by atoms with van der Waals surface area (Å²) in [5, 5.41) is 3.20. The van der Waals surface area contributed by atoms with Gasteiger partial charge in [-0.25, -0.2) is 0 Å². The third-order valence-corrected chi connectivity index (χ3v) is 3.46. The summed E-state index contributed by atoms with van der Waals surface area (Å²) >= 11 is 9.27. The number of amides is 1. The summed E-state index contributed by atoms with van der Waals surface area (Å²) in [5.74, 6) is -0.236. The number of nitrogens with two attached hydrogens (primary N) is 1. The van der Waals surface area contributed by atoms with Gasteiger partial charge in [0.15, 0.2) is 0 Å². The van der Waals surface area contributed by atoms with Crippen molar-refractivity contribution in [3.63, 3.8) is 0 Å². The van der Waals surface area contributed by atoms with Gasteiger partial charge in [0.05, 0.1) is 16.3 Å². The van der Waals surface area contributed by atoms with E-state index in [4.69, 9.17) is 17.3 Å². The molecule has 0 spiro atoms. The van der Waals surface area contributed by atoms with Crippen molar-refractivity contribution in [1.82, 2.24) is 5.32 Å². The van der Waals surface area contributed by atoms with Crippen molar-refractivity contribution in [3.05, 3.63) is 63.1 Å². The molecule has 1 amide bonds. The molecule has 2 aromatic carbocycles. The van der Waals surface area contributed by atoms with Crippen LogP contribution in [0.3, 0.4) is 0 Å². The molecule has 2 rings (SSSR count). The summed E-state index contributed by atoms with van der Waals surface area (Å²) < 4.78 is 0.974. The van der Waals surface area contributed by atoms with Crippen LogP contribution in [0.15, 0.2) is 46.9 Å². The van der Waals surface area contributed by atoms with Gasteiger partial charge in [-0.3, -0.25) is 4.79 Å². The van der Waals surface area contributed by atoms with E-state index in [1.165, 1.54) is 0 Å². The number of nitrogens with one attached hydrogen (secondary N) is 1. The van der Waals surface area contributed by atoms with Crippen LogP contribution in [0.2, 0.25) is 5.02 Å². The fraction of sp³-hybridized carbons (Fsp3) is 0.0714. The highest BCUT2D eigenvalue weighted by Crippen LogP contribution is 2.22. The van der Waals surface area contributed by atoms with Crippen LogP contribution < -0.4 is 11.1 Å². The third-order valence-electron chi connectivity index (χ3n) is 2.64. The van der Waals surface area contributed by atoms with Gasteiger partial charge in [0.2, 0.25) is 0 Å². The van der Waals surface area contributed by atoms with Gasteiger partial charge in [-0.05, 0) is 29.8 Å². The lowest BCUT2D eigenvalue weighted by molar-refractivity contribution is 0.0952. The van der Waals surface area contributed by atoms with Gasteiger partial charge in [0, 0.05) is 11.0 Å². The monoisotopic (exact) mass is 338 g/mol. The van der Waals surface area contributed by atoms with E-state index in [0.717, 1.165) is 10.0 Å². The molecular formula is C14H12BrClN2O. The molecule has 0 saturated heterocycles. The van der Waals surface area contributed by atoms with E-state index < -0.39 is 0 Å². The molecule has 2 aromatic rings. The lowest BCUT2D eigenvalue weighted by atomic mass is 10.1. The molecule has 0 saturated carbocycles. The lowest BCUT2D eigenvalue weighted by Gasteiger charge is -2.08. The molecule has 0 aliphatic rings. The molecule has 0 aromatic heterocycles. The summed E-state index contributed by atoms with van der Waals surface area (Å²) in [6.45, 7) is 0.435. The Kier molecular flexibility index (Phi) is 4.45. The van der Waals surface area contributed by atoms with Crippen LogP contribution in [0.4, 0.5) is 5.69 Å². The molecule has 5 heteroatoms. The Labute approximate surface area is 124 Å². The Morgan fingerprint density at radius 3 is 2.74 bits per heavy atom. The fourth-order valence-electron chi connectivity index (χ4n) is 1.66. The fourth-order valence-corrected chi connectivity index (χ4v) is 2.28. The van der Waals surface area contributed by atoms with Crippen molar-refractivity contribution in [3.8, 4) is 0 Å². The van der Waals surface area contributed by atoms with E-state index >= 15 is 0 Å². The first kappa shape index (κ1) is 13.9. The second-order valence-electron chi connectivity index (χ2n) is 4.01. The van der Waals surface area contributed by atoms with E-state index in [1.807, 2.05) is 24.3 Å². The minimum Gasteiger partial charge on any atom is -0.397 e. The van der Waals surface area contributed by atoms with Crippen molar-refractivity contribution < 1.29 is 4.79 Å². The van der Waals surface area contributed by atoms with Gasteiger partial charge in [-0.2, -0.15) is 0 Å². The highest BCUT2D eigenvalue weighted by molar-refractivity contribution is 9.10. The molecular weight excluding hydrogens is 328 g/mol. The summed E-state index contributed by atoms with van der Waals surface area (Å²) in [6, 6.07) is 12.7. The van der Waals surface area contributed by atoms with Crippen molar-refractivity contribution >= 4 is 39.1 Å². The standard InChI is InChI=1S/C14H12BrClN2O/c15-10-4-1-3-9(7-10)8-18-14(19)11-5-2-6-12(16)13(11)17/h1-7H,8,17H2,(H,18,19). The van der Waals surface area contributed by atoms with E-state index in [2.05, 4.69) is 21.2 Å². The Balaban J connectivity index is 2.08. The number of anilines is 1. The highest BCUT2D eigenvalue weighted by atomic mass is 79.9. The average Bonchev–Trinajstić information content (AvgIpc) is 2.39. The Bertz CT molecular complexity index is 616. The zero-order chi connectivity index (χ0) is 13.8. The van der Waals surface area contributed by atoms with E-state index in [-0.39, 0.29) is 5.91 Å². The normalized spacial score (nSPS) is 10.2. The molecule has 0 bridgehead atoms. The number of rotatable bonds is 3. The quantitative estimate of drug-likeness (QED) is 0.839. The SMILES string of the molecule is Nc1c(Cl)cccc1C(=O)NCc1cccc(Br)c1. The van der Waals surface area contributed by atoms with Crippen molar-refractivity contribution in [1.29, 1.82) is 0 Å². The van der Waals surface area contributed by atoms with Crippen LogP contribution in [-0.2, 0) is 6.54 Å². The number of hydrogen-bond donors (Lipinski definition) is 2. The molecule has 0 aliphatic heterocycles. The van der Waals surface area contributed by atoms with Gasteiger partial charge in [0.1, 0.15) is 0 Å². The zero-order valence-electron chi connectivity index (χ0n) is 9.99. The Morgan fingerprint density at radius 2 is 2.00 bits per heavy atom. The van der Waals surface area contributed by atoms with Crippen molar-refractivity contribution in [2.24, 2.45) is 0 Å². The molecule has 0 aliphatic carbocycles. The summed E-state index contributed by atoms with van der Waals surface area (Å²) in [6.07, 6.45) is 0. The van der Waals surface area contributed by atoms with Gasteiger partial charge in [-0.1, -0.05) is 45.7 Å². The van der Waals surface area contributed by atoms with Gasteiger partial charge < -0.3 is 11.1 Å². The Hall–Kier alpha value is -1.52. The number of para-hydroxylation sites is 1. The number of hydrogen-bond acceptors (Lipinski definition) is 2. The number of carbonyl (C=O) groups is 1. The van der Waals surface area contributed by atoms with Crippen LogP contribution in [0, 0.1) is 0 Å². The second-order valence-corrected chi connectivity index (χ2v) is 5.34. The van der Waals surface area contributed by atoms with Crippen LogP contribution in [0.25, 0.3) is 0 Å². The third kappa shape index (κ3) is 3.49. The molecule has 0 radical (unpaired) electrons. The Morgan fingerprint density at radius 1 is 1.26 bits per heavy atom. The second kappa shape index (κ2) is 6.08. The largest absolute Gasteiger partial charge is 0.397 e. The smallest absolute Gasteiger partial charge is 0.253 e. The average molecular weight is 340 g/mol. The van der Waals surface area contributed by atoms with E-state index in [0.29, 0.717) is 22.8 Å². The molecule has 0 unspecified atom stereocenters. The molecule has 19 heavy (non-hydrogen) atoms. The first-order valence-electron chi connectivity index (χ1n) is 5.64. The minimum absolute atomic E-state index is 0.236. The summed E-state index contributed by atoms with van der Waals surface area (Å²) in [7, 11) is 0. The van der Waals surface area contributed by atoms with Crippen LogP contribution in [0.5, 0.6) is 0 Å². The maximum absolute atomic E-state index is 12.0. The van der Waals surface area contributed by atoms with Gasteiger partial charge >= 0.3 is 0 Å². The molecule has 3 N–H and O–H groups in total. The molecule has 0 heterocycles. The van der Waals surface area contributed by atoms with Crippen LogP contribution in [0.1, 0.15) is 15.9 Å². The maximum Gasteiger partial charge on any atom is 0.253 e. The van der Waals surface area contributed by atoms with Crippen LogP contribution in [-0.4, -0.2) is 5.91 Å². The molecule has 0 fully saturated rings. The summed E-state index contributed by atoms with van der Waals surface area (Å²) in [4.78, 5) is 12.0. The maximum atomic E-state index is 12.0. The van der Waals surface area contributed by atoms with Crippen molar-refractivity contribution in [2.45, 2.75) is 6.54 Å². The van der Waals surface area contributed by atoms with E-state index in [1.54, 1.807) is 18.2 Å². The lowest BCUT2D eigenvalue weighted by Crippen LogP contribution is -2.23. The predicted octanol–water partition coefficient (Wildman–Crippen LogP) is 3.61. The topological polar surface area (TPSA) is 55.1 Å². The number of halogens is 2. The highest BCUT2D eigenvalue weighted by Gasteiger charge is 2.11. The molecule has 0 atom stereocenters.